The number of rotatable bonds is 6. The van der Waals surface area contributed by atoms with Crippen LogP contribution in [0.15, 0.2) is 206 Å². The SMILES string of the molecule is c1ccc(-c2nc(-c3ccccc3)nc(-c3cc(-c4ccc5ccccc5c4)cc(-c4cccc5c4ccc4c(-c6ccccc6)nc6ccccc6c45)c3)n2)cc1. The van der Waals surface area contributed by atoms with Crippen molar-refractivity contribution in [2.75, 3.05) is 0 Å². The molecule has 0 unspecified atom stereocenters. The van der Waals surface area contributed by atoms with E-state index in [0.717, 1.165) is 71.9 Å². The van der Waals surface area contributed by atoms with Gasteiger partial charge in [-0.05, 0) is 74.1 Å². The summed E-state index contributed by atoms with van der Waals surface area (Å²) < 4.78 is 0. The number of hydrogen-bond donors (Lipinski definition) is 0. The van der Waals surface area contributed by atoms with Crippen molar-refractivity contribution in [3.63, 3.8) is 0 Å². The third-order valence-corrected chi connectivity index (χ3v) is 11.1. The topological polar surface area (TPSA) is 51.6 Å². The smallest absolute Gasteiger partial charge is 0.164 e. The average Bonchev–Trinajstić information content (AvgIpc) is 3.31. The molecule has 0 amide bonds. The first-order chi connectivity index (χ1) is 28.7. The van der Waals surface area contributed by atoms with E-state index in [1.54, 1.807) is 0 Å². The zero-order valence-corrected chi connectivity index (χ0v) is 31.4. The van der Waals surface area contributed by atoms with Crippen LogP contribution in [0, 0.1) is 0 Å². The monoisotopic (exact) mass is 738 g/mol. The standard InChI is InChI=1S/C54H34N4/c1-4-16-36(17-5-1)51-48-30-29-45-44(24-14-25-46(45)50(48)47-23-12-13-26-49(47)55-51)42-32-41(40-28-27-35-15-10-11-22-39(35)31-40)33-43(34-42)54-57-52(37-18-6-2-7-19-37)56-53(58-54)38-20-8-3-9-21-38/h1-34H. The fourth-order valence-electron chi connectivity index (χ4n) is 8.26. The van der Waals surface area contributed by atoms with Gasteiger partial charge in [0.1, 0.15) is 0 Å². The lowest BCUT2D eigenvalue weighted by molar-refractivity contribution is 1.07. The third kappa shape index (κ3) is 5.96. The van der Waals surface area contributed by atoms with Crippen LogP contribution >= 0.6 is 0 Å². The maximum absolute atomic E-state index is 5.21. The predicted octanol–water partition coefficient (Wildman–Crippen LogP) is 13.9. The summed E-state index contributed by atoms with van der Waals surface area (Å²) in [5.41, 5.74) is 10.3. The molecule has 0 fully saturated rings. The zero-order chi connectivity index (χ0) is 38.4. The van der Waals surface area contributed by atoms with E-state index in [2.05, 4.69) is 146 Å². The second-order valence-corrected chi connectivity index (χ2v) is 14.6. The molecule has 11 aromatic rings. The highest BCUT2D eigenvalue weighted by atomic mass is 15.0. The van der Waals surface area contributed by atoms with E-state index in [4.69, 9.17) is 19.9 Å². The van der Waals surface area contributed by atoms with Crippen LogP contribution in [-0.4, -0.2) is 19.9 Å². The van der Waals surface area contributed by atoms with Crippen LogP contribution in [0.1, 0.15) is 0 Å². The molecule has 4 heteroatoms. The summed E-state index contributed by atoms with van der Waals surface area (Å²) in [7, 11) is 0. The van der Waals surface area contributed by atoms with Crippen molar-refractivity contribution in [2.24, 2.45) is 0 Å². The van der Waals surface area contributed by atoms with Crippen LogP contribution in [-0.2, 0) is 0 Å². The maximum atomic E-state index is 5.21. The lowest BCUT2D eigenvalue weighted by Crippen LogP contribution is -2.00. The number of hydrogen-bond acceptors (Lipinski definition) is 4. The summed E-state index contributed by atoms with van der Waals surface area (Å²) in [6, 6.07) is 72.4. The Morgan fingerprint density at radius 2 is 0.810 bits per heavy atom. The molecule has 2 heterocycles. The molecule has 0 saturated carbocycles. The predicted molar refractivity (Wildman–Crippen MR) is 240 cm³/mol. The van der Waals surface area contributed by atoms with Gasteiger partial charge in [-0.1, -0.05) is 176 Å². The highest BCUT2D eigenvalue weighted by Gasteiger charge is 2.18. The summed E-state index contributed by atoms with van der Waals surface area (Å²) >= 11 is 0. The van der Waals surface area contributed by atoms with Crippen molar-refractivity contribution < 1.29 is 0 Å². The summed E-state index contributed by atoms with van der Waals surface area (Å²) in [5, 5.41) is 8.21. The highest BCUT2D eigenvalue weighted by molar-refractivity contribution is 6.24. The minimum Gasteiger partial charge on any atom is -0.247 e. The fourth-order valence-corrected chi connectivity index (χ4v) is 8.26. The molecule has 0 spiro atoms. The van der Waals surface area contributed by atoms with Gasteiger partial charge in [-0.25, -0.2) is 19.9 Å². The summed E-state index contributed by atoms with van der Waals surface area (Å²) in [6.45, 7) is 0. The highest BCUT2D eigenvalue weighted by Crippen LogP contribution is 2.42. The molecule has 11 rings (SSSR count). The second kappa shape index (κ2) is 14.0. The van der Waals surface area contributed by atoms with Crippen LogP contribution in [0.25, 0.3) is 111 Å². The van der Waals surface area contributed by atoms with Crippen LogP contribution in [0.3, 0.4) is 0 Å². The van der Waals surface area contributed by atoms with Crippen molar-refractivity contribution in [1.82, 2.24) is 19.9 Å². The molecular weight excluding hydrogens is 705 g/mol. The van der Waals surface area contributed by atoms with E-state index in [1.165, 1.54) is 21.5 Å². The average molecular weight is 739 g/mol. The Hall–Kier alpha value is -7.82. The fraction of sp³-hybridized carbons (Fsp3) is 0. The number of para-hydroxylation sites is 1. The van der Waals surface area contributed by atoms with E-state index in [0.29, 0.717) is 17.5 Å². The molecular formula is C54H34N4. The zero-order valence-electron chi connectivity index (χ0n) is 31.4. The number of benzene rings is 9. The van der Waals surface area contributed by atoms with Gasteiger partial charge in [0.15, 0.2) is 17.5 Å². The van der Waals surface area contributed by atoms with Gasteiger partial charge in [-0.3, -0.25) is 0 Å². The molecule has 4 nitrogen and oxygen atoms in total. The largest absolute Gasteiger partial charge is 0.247 e. The molecule has 2 aromatic heterocycles. The molecule has 0 bridgehead atoms. The van der Waals surface area contributed by atoms with Gasteiger partial charge in [-0.2, -0.15) is 0 Å². The van der Waals surface area contributed by atoms with Crippen LogP contribution in [0.4, 0.5) is 0 Å². The van der Waals surface area contributed by atoms with E-state index >= 15 is 0 Å². The van der Waals surface area contributed by atoms with Gasteiger partial charge in [0.05, 0.1) is 11.2 Å². The van der Waals surface area contributed by atoms with Gasteiger partial charge >= 0.3 is 0 Å². The molecule has 9 aromatic carbocycles. The minimum absolute atomic E-state index is 0.617. The molecule has 270 valence electrons. The lowest BCUT2D eigenvalue weighted by Gasteiger charge is -2.16. The molecule has 0 aliphatic heterocycles. The quantitative estimate of drug-likeness (QED) is 0.159. The number of pyridine rings is 1. The van der Waals surface area contributed by atoms with Crippen LogP contribution in [0.2, 0.25) is 0 Å². The Kier molecular flexibility index (Phi) is 8.11. The number of nitrogens with zero attached hydrogens (tertiary/aromatic N) is 4. The van der Waals surface area contributed by atoms with E-state index in [1.807, 2.05) is 60.7 Å². The van der Waals surface area contributed by atoms with Crippen molar-refractivity contribution in [3.05, 3.63) is 206 Å². The van der Waals surface area contributed by atoms with Crippen molar-refractivity contribution in [1.29, 1.82) is 0 Å². The first-order valence-electron chi connectivity index (χ1n) is 19.6. The minimum atomic E-state index is 0.617. The van der Waals surface area contributed by atoms with Crippen molar-refractivity contribution in [2.45, 2.75) is 0 Å². The van der Waals surface area contributed by atoms with E-state index < -0.39 is 0 Å². The lowest BCUT2D eigenvalue weighted by atomic mass is 9.89. The second-order valence-electron chi connectivity index (χ2n) is 14.6. The number of fused-ring (bicyclic) bond motifs is 6. The Morgan fingerprint density at radius 1 is 0.259 bits per heavy atom. The summed E-state index contributed by atoms with van der Waals surface area (Å²) in [6.07, 6.45) is 0. The molecule has 0 aliphatic rings. The van der Waals surface area contributed by atoms with Gasteiger partial charge < -0.3 is 0 Å². The first-order valence-corrected chi connectivity index (χ1v) is 19.6. The Labute approximate surface area is 335 Å². The number of aromatic nitrogens is 4. The van der Waals surface area contributed by atoms with Crippen molar-refractivity contribution >= 4 is 43.2 Å². The van der Waals surface area contributed by atoms with Crippen LogP contribution in [0.5, 0.6) is 0 Å². The first kappa shape index (κ1) is 33.5. The summed E-state index contributed by atoms with van der Waals surface area (Å²) in [5.74, 6) is 1.88. The van der Waals surface area contributed by atoms with Gasteiger partial charge in [0, 0.05) is 38.4 Å². The van der Waals surface area contributed by atoms with Gasteiger partial charge in [0.25, 0.3) is 0 Å². The molecule has 0 radical (unpaired) electrons. The summed E-state index contributed by atoms with van der Waals surface area (Å²) in [4.78, 5) is 20.5. The molecule has 58 heavy (non-hydrogen) atoms. The Bertz CT molecular complexity index is 3270. The van der Waals surface area contributed by atoms with Crippen molar-refractivity contribution in [3.8, 4) is 67.7 Å². The molecule has 0 saturated heterocycles. The van der Waals surface area contributed by atoms with E-state index in [-0.39, 0.29) is 0 Å². The maximum Gasteiger partial charge on any atom is 0.164 e. The van der Waals surface area contributed by atoms with E-state index in [9.17, 15) is 0 Å². The Balaban J connectivity index is 1.18. The van der Waals surface area contributed by atoms with Gasteiger partial charge in [-0.15, -0.1) is 0 Å². The normalized spacial score (nSPS) is 11.4. The molecule has 0 N–H and O–H groups in total. The molecule has 0 atom stereocenters. The van der Waals surface area contributed by atoms with Crippen LogP contribution < -0.4 is 0 Å². The Morgan fingerprint density at radius 3 is 1.53 bits per heavy atom. The van der Waals surface area contributed by atoms with Gasteiger partial charge in [0.2, 0.25) is 0 Å². The third-order valence-electron chi connectivity index (χ3n) is 11.1. The molecule has 0 aliphatic carbocycles.